The van der Waals surface area contributed by atoms with Crippen LogP contribution in [0.5, 0.6) is 5.75 Å². The monoisotopic (exact) mass is 435 g/mol. The van der Waals surface area contributed by atoms with Crippen LogP contribution in [0.4, 0.5) is 0 Å². The zero-order valence-electron chi connectivity index (χ0n) is 18.6. The van der Waals surface area contributed by atoms with Gasteiger partial charge in [0.25, 0.3) is 11.8 Å². The molecule has 2 aromatic carbocycles. The third-order valence-corrected chi connectivity index (χ3v) is 6.09. The second-order valence-electron chi connectivity index (χ2n) is 8.19. The second-order valence-corrected chi connectivity index (χ2v) is 8.19. The highest BCUT2D eigenvalue weighted by Crippen LogP contribution is 2.34. The first kappa shape index (κ1) is 22.0. The molecule has 32 heavy (non-hydrogen) atoms. The number of aryl methyl sites for hydroxylation is 1. The molecule has 0 unspecified atom stereocenters. The lowest BCUT2D eigenvalue weighted by atomic mass is 10.0. The smallest absolute Gasteiger partial charge is 0.278 e. The maximum Gasteiger partial charge on any atom is 0.278 e. The first-order valence-electron chi connectivity index (χ1n) is 10.9. The average molecular weight is 436 g/mol. The van der Waals surface area contributed by atoms with Gasteiger partial charge < -0.3 is 14.7 Å². The number of β-amino-alcohol motifs (C(OH)–C–C–N with tert-alkyl or cyclic N) is 1. The molecular formula is C25H29N3O4. The van der Waals surface area contributed by atoms with Gasteiger partial charge in [0.2, 0.25) is 0 Å². The summed E-state index contributed by atoms with van der Waals surface area (Å²) in [6.45, 7) is 5.71. The molecule has 1 fully saturated rings. The fourth-order valence-electron chi connectivity index (χ4n) is 4.23. The molecule has 2 amide bonds. The Labute approximate surface area is 188 Å². The summed E-state index contributed by atoms with van der Waals surface area (Å²) in [7, 11) is 1.60. The number of benzene rings is 2. The van der Waals surface area contributed by atoms with E-state index in [1.165, 1.54) is 4.90 Å². The number of piperazine rings is 1. The Kier molecular flexibility index (Phi) is 6.58. The highest BCUT2D eigenvalue weighted by molar-refractivity contribution is 6.35. The summed E-state index contributed by atoms with van der Waals surface area (Å²) in [4.78, 5) is 32.6. The molecule has 2 heterocycles. The van der Waals surface area contributed by atoms with E-state index in [4.69, 9.17) is 4.74 Å². The summed E-state index contributed by atoms with van der Waals surface area (Å²) in [5.74, 6) is 0.173. The number of imide groups is 1. The third-order valence-electron chi connectivity index (χ3n) is 6.09. The van der Waals surface area contributed by atoms with Crippen LogP contribution < -0.4 is 4.74 Å². The van der Waals surface area contributed by atoms with Crippen molar-refractivity contribution in [2.75, 3.05) is 46.4 Å². The molecule has 168 valence electrons. The van der Waals surface area contributed by atoms with Crippen molar-refractivity contribution >= 4 is 17.4 Å². The van der Waals surface area contributed by atoms with Crippen molar-refractivity contribution < 1.29 is 19.4 Å². The van der Waals surface area contributed by atoms with Gasteiger partial charge in [0.05, 0.1) is 25.8 Å². The molecule has 2 aliphatic heterocycles. The number of amides is 2. The molecule has 0 bridgehead atoms. The van der Waals surface area contributed by atoms with E-state index < -0.39 is 0 Å². The maximum atomic E-state index is 13.5. The van der Waals surface area contributed by atoms with Crippen LogP contribution in [0.15, 0.2) is 54.2 Å². The minimum Gasteiger partial charge on any atom is -0.497 e. The van der Waals surface area contributed by atoms with E-state index in [0.29, 0.717) is 42.2 Å². The van der Waals surface area contributed by atoms with E-state index >= 15 is 0 Å². The van der Waals surface area contributed by atoms with Crippen molar-refractivity contribution in [3.63, 3.8) is 0 Å². The van der Waals surface area contributed by atoms with Gasteiger partial charge in [0, 0.05) is 32.7 Å². The minimum absolute atomic E-state index is 0.113. The Hall–Kier alpha value is -3.16. The lowest BCUT2D eigenvalue weighted by Crippen LogP contribution is -2.48. The number of hydrogen-bond donors (Lipinski definition) is 1. The first-order chi connectivity index (χ1) is 15.5. The molecule has 0 radical (unpaired) electrons. The van der Waals surface area contributed by atoms with Crippen LogP contribution >= 0.6 is 0 Å². The Morgan fingerprint density at radius 2 is 1.56 bits per heavy atom. The van der Waals surface area contributed by atoms with Crippen LogP contribution in [0.25, 0.3) is 5.57 Å². The van der Waals surface area contributed by atoms with Gasteiger partial charge >= 0.3 is 0 Å². The molecule has 0 aromatic heterocycles. The zero-order valence-corrected chi connectivity index (χ0v) is 18.6. The van der Waals surface area contributed by atoms with Gasteiger partial charge in [0.15, 0.2) is 0 Å². The van der Waals surface area contributed by atoms with Gasteiger partial charge in [-0.1, -0.05) is 42.0 Å². The minimum atomic E-state index is -0.270. The lowest BCUT2D eigenvalue weighted by Gasteiger charge is -2.36. The predicted molar refractivity (Wildman–Crippen MR) is 122 cm³/mol. The van der Waals surface area contributed by atoms with E-state index in [1.54, 1.807) is 19.2 Å². The van der Waals surface area contributed by atoms with Gasteiger partial charge in [-0.2, -0.15) is 0 Å². The molecule has 0 atom stereocenters. The number of nitrogens with zero attached hydrogens (tertiary/aromatic N) is 3. The van der Waals surface area contributed by atoms with Crippen molar-refractivity contribution in [2.24, 2.45) is 0 Å². The van der Waals surface area contributed by atoms with Crippen LogP contribution in [0.2, 0.25) is 0 Å². The summed E-state index contributed by atoms with van der Waals surface area (Å²) >= 11 is 0. The normalized spacial score (nSPS) is 17.5. The first-order valence-corrected chi connectivity index (χ1v) is 10.9. The van der Waals surface area contributed by atoms with Crippen LogP contribution in [0.3, 0.4) is 0 Å². The molecule has 7 nitrogen and oxygen atoms in total. The number of aliphatic hydroxyl groups excluding tert-OH is 1. The number of ether oxygens (including phenoxy) is 1. The Morgan fingerprint density at radius 1 is 0.906 bits per heavy atom. The third kappa shape index (κ3) is 4.40. The van der Waals surface area contributed by atoms with Crippen LogP contribution in [0.1, 0.15) is 16.7 Å². The number of methoxy groups -OCH3 is 1. The van der Waals surface area contributed by atoms with Crippen molar-refractivity contribution in [3.05, 3.63) is 70.9 Å². The highest BCUT2D eigenvalue weighted by Gasteiger charge is 2.42. The van der Waals surface area contributed by atoms with E-state index in [-0.39, 0.29) is 25.0 Å². The van der Waals surface area contributed by atoms with E-state index in [0.717, 1.165) is 24.2 Å². The molecule has 2 aliphatic rings. The number of rotatable bonds is 7. The highest BCUT2D eigenvalue weighted by atomic mass is 16.5. The van der Waals surface area contributed by atoms with Crippen molar-refractivity contribution in [1.29, 1.82) is 0 Å². The van der Waals surface area contributed by atoms with Crippen LogP contribution in [0, 0.1) is 6.92 Å². The topological polar surface area (TPSA) is 73.3 Å². The van der Waals surface area contributed by atoms with Crippen molar-refractivity contribution in [3.8, 4) is 5.75 Å². The van der Waals surface area contributed by atoms with Crippen LogP contribution in [-0.2, 0) is 16.1 Å². The fraction of sp³-hybridized carbons (Fsp3) is 0.360. The molecule has 4 rings (SSSR count). The molecule has 0 aliphatic carbocycles. The fourth-order valence-corrected chi connectivity index (χ4v) is 4.23. The molecule has 0 saturated carbocycles. The maximum absolute atomic E-state index is 13.5. The Bertz CT molecular complexity index is 1010. The average Bonchev–Trinajstić information content (AvgIpc) is 3.06. The van der Waals surface area contributed by atoms with Crippen LogP contribution in [-0.4, -0.2) is 78.1 Å². The summed E-state index contributed by atoms with van der Waals surface area (Å²) < 4.78 is 5.25. The Balaban J connectivity index is 1.66. The molecular weight excluding hydrogens is 406 g/mol. The molecule has 2 aromatic rings. The van der Waals surface area contributed by atoms with Gasteiger partial charge in [-0.3, -0.25) is 19.4 Å². The number of hydrogen-bond acceptors (Lipinski definition) is 6. The molecule has 1 N–H and O–H groups in total. The van der Waals surface area contributed by atoms with E-state index in [1.807, 2.05) is 48.2 Å². The zero-order chi connectivity index (χ0) is 22.7. The summed E-state index contributed by atoms with van der Waals surface area (Å²) in [5, 5.41) is 9.22. The molecule has 7 heteroatoms. The van der Waals surface area contributed by atoms with E-state index in [2.05, 4.69) is 4.90 Å². The number of carbonyl (C=O) groups is 2. The summed E-state index contributed by atoms with van der Waals surface area (Å²) in [6.07, 6.45) is 0. The van der Waals surface area contributed by atoms with Gasteiger partial charge in [0.1, 0.15) is 11.4 Å². The molecule has 0 spiro atoms. The van der Waals surface area contributed by atoms with Crippen molar-refractivity contribution in [1.82, 2.24) is 14.7 Å². The quantitative estimate of drug-likeness (QED) is 0.670. The van der Waals surface area contributed by atoms with E-state index in [9.17, 15) is 14.7 Å². The number of carbonyl (C=O) groups excluding carboxylic acids is 2. The lowest BCUT2D eigenvalue weighted by molar-refractivity contribution is -0.138. The Morgan fingerprint density at radius 3 is 2.16 bits per heavy atom. The summed E-state index contributed by atoms with van der Waals surface area (Å²) in [6, 6.07) is 15.1. The largest absolute Gasteiger partial charge is 0.497 e. The van der Waals surface area contributed by atoms with Gasteiger partial charge in [-0.05, 0) is 30.2 Å². The van der Waals surface area contributed by atoms with Gasteiger partial charge in [-0.15, -0.1) is 0 Å². The number of aliphatic hydroxyl groups is 1. The standard InChI is InChI=1S/C25H29N3O4/c1-18-3-5-19(6-4-18)17-28-24(30)22(20-7-9-21(32-2)10-8-20)23(25(28)31)27-13-11-26(12-14-27)15-16-29/h3-10,29H,11-17H2,1-2H3. The predicted octanol–water partition coefficient (Wildman–Crippen LogP) is 1.89. The molecule has 1 saturated heterocycles. The van der Waals surface area contributed by atoms with Crippen molar-refractivity contribution in [2.45, 2.75) is 13.5 Å². The second kappa shape index (κ2) is 9.54. The summed E-state index contributed by atoms with van der Waals surface area (Å²) in [5.41, 5.74) is 3.67. The van der Waals surface area contributed by atoms with Gasteiger partial charge in [-0.25, -0.2) is 0 Å². The SMILES string of the molecule is COc1ccc(C2=C(N3CCN(CCO)CC3)C(=O)N(Cc3ccc(C)cc3)C2=O)cc1.